The summed E-state index contributed by atoms with van der Waals surface area (Å²) >= 11 is 0. The van der Waals surface area contributed by atoms with Crippen LogP contribution < -0.4 is 17.2 Å². The van der Waals surface area contributed by atoms with Crippen molar-refractivity contribution in [3.8, 4) is 0 Å². The van der Waals surface area contributed by atoms with Crippen LogP contribution in [0.25, 0.3) is 0 Å². The Labute approximate surface area is 149 Å². The van der Waals surface area contributed by atoms with E-state index in [2.05, 4.69) is 0 Å². The molecule has 0 aromatic carbocycles. The summed E-state index contributed by atoms with van der Waals surface area (Å²) in [4.78, 5) is 1.79. The molecule has 1 aliphatic carbocycles. The molecule has 1 saturated carbocycles. The van der Waals surface area contributed by atoms with E-state index < -0.39 is 42.8 Å². The fourth-order valence-electron chi connectivity index (χ4n) is 3.79. The van der Waals surface area contributed by atoms with Gasteiger partial charge in [-0.3, -0.25) is 0 Å². The van der Waals surface area contributed by atoms with E-state index in [0.717, 1.165) is 6.42 Å². The van der Waals surface area contributed by atoms with Gasteiger partial charge < -0.3 is 46.5 Å². The van der Waals surface area contributed by atoms with Crippen molar-refractivity contribution in [2.24, 2.45) is 17.2 Å². The van der Waals surface area contributed by atoms with Crippen molar-refractivity contribution in [3.05, 3.63) is 0 Å². The topological polar surface area (TPSA) is 149 Å². The van der Waals surface area contributed by atoms with Crippen LogP contribution in [0.3, 0.4) is 0 Å². The van der Waals surface area contributed by atoms with Gasteiger partial charge in [0.2, 0.25) is 0 Å². The standard InChI is InChI=1S/C16H34N4O5/c1-7(17)9-6-5-8(18)16(24-9)25-14-10(19)12(21)15(23-4)11(13(14)22)20(2)3/h7-16,21-22H,5-6,17-19H2,1-4H3/t7-,8+,9+,10+,11+,12-,13-,14+,15+,16-/m0/s1. The predicted molar refractivity (Wildman–Crippen MR) is 92.7 cm³/mol. The summed E-state index contributed by atoms with van der Waals surface area (Å²) in [6.07, 6.45) is -2.86. The van der Waals surface area contributed by atoms with Crippen molar-refractivity contribution in [3.63, 3.8) is 0 Å². The van der Waals surface area contributed by atoms with Gasteiger partial charge in [-0.2, -0.15) is 0 Å². The summed E-state index contributed by atoms with van der Waals surface area (Å²) in [5, 5.41) is 21.3. The highest BCUT2D eigenvalue weighted by Crippen LogP contribution is 2.30. The van der Waals surface area contributed by atoms with Gasteiger partial charge in [0.25, 0.3) is 0 Å². The fourth-order valence-corrected chi connectivity index (χ4v) is 3.79. The third kappa shape index (κ3) is 4.32. The van der Waals surface area contributed by atoms with Crippen LogP contribution in [-0.2, 0) is 14.2 Å². The molecule has 8 N–H and O–H groups in total. The Kier molecular flexibility index (Phi) is 7.17. The highest BCUT2D eigenvalue weighted by molar-refractivity contribution is 5.05. The van der Waals surface area contributed by atoms with Gasteiger partial charge in [0.05, 0.1) is 36.4 Å². The number of nitrogens with zero attached hydrogens (tertiary/aromatic N) is 1. The monoisotopic (exact) mass is 362 g/mol. The molecule has 9 heteroatoms. The van der Waals surface area contributed by atoms with Crippen molar-refractivity contribution in [2.75, 3.05) is 21.2 Å². The zero-order chi connectivity index (χ0) is 18.9. The maximum atomic E-state index is 10.8. The van der Waals surface area contributed by atoms with Crippen molar-refractivity contribution in [2.45, 2.75) is 80.7 Å². The maximum absolute atomic E-state index is 10.8. The molecule has 148 valence electrons. The first-order chi connectivity index (χ1) is 11.7. The van der Waals surface area contributed by atoms with Crippen LogP contribution in [0.4, 0.5) is 0 Å². The lowest BCUT2D eigenvalue weighted by molar-refractivity contribution is -0.267. The molecule has 10 atom stereocenters. The largest absolute Gasteiger partial charge is 0.389 e. The molecule has 2 rings (SSSR count). The van der Waals surface area contributed by atoms with E-state index in [1.54, 1.807) is 19.0 Å². The van der Waals surface area contributed by atoms with Gasteiger partial charge in [-0.1, -0.05) is 0 Å². The Hall–Kier alpha value is -0.360. The van der Waals surface area contributed by atoms with Crippen molar-refractivity contribution in [1.29, 1.82) is 0 Å². The van der Waals surface area contributed by atoms with E-state index in [9.17, 15) is 10.2 Å². The second-order valence-electron chi connectivity index (χ2n) is 7.46. The summed E-state index contributed by atoms with van der Waals surface area (Å²) < 4.78 is 17.2. The highest BCUT2D eigenvalue weighted by Gasteiger charge is 2.51. The van der Waals surface area contributed by atoms with Gasteiger partial charge >= 0.3 is 0 Å². The summed E-state index contributed by atoms with van der Waals surface area (Å²) in [5.41, 5.74) is 18.2. The molecule has 0 unspecified atom stereocenters. The molecule has 0 aromatic heterocycles. The molecule has 1 heterocycles. The van der Waals surface area contributed by atoms with E-state index in [0.29, 0.717) is 6.42 Å². The number of aliphatic hydroxyl groups is 2. The highest BCUT2D eigenvalue weighted by atomic mass is 16.7. The van der Waals surface area contributed by atoms with Gasteiger partial charge in [-0.25, -0.2) is 0 Å². The maximum Gasteiger partial charge on any atom is 0.173 e. The number of rotatable bonds is 5. The van der Waals surface area contributed by atoms with Crippen LogP contribution >= 0.6 is 0 Å². The van der Waals surface area contributed by atoms with Crippen LogP contribution in [0.5, 0.6) is 0 Å². The molecule has 0 aromatic rings. The van der Waals surface area contributed by atoms with Gasteiger partial charge in [0.1, 0.15) is 12.2 Å². The molecule has 0 spiro atoms. The van der Waals surface area contributed by atoms with Gasteiger partial charge in [-0.05, 0) is 33.9 Å². The minimum absolute atomic E-state index is 0.151. The molecule has 25 heavy (non-hydrogen) atoms. The van der Waals surface area contributed by atoms with Crippen LogP contribution in [-0.4, -0.2) is 97.3 Å². The van der Waals surface area contributed by atoms with E-state index in [4.69, 9.17) is 31.4 Å². The third-order valence-corrected chi connectivity index (χ3v) is 5.32. The number of hydrogen-bond donors (Lipinski definition) is 5. The summed E-state index contributed by atoms with van der Waals surface area (Å²) in [7, 11) is 5.09. The van der Waals surface area contributed by atoms with Crippen molar-refractivity contribution < 1.29 is 24.4 Å². The molecular formula is C16H34N4O5. The Morgan fingerprint density at radius 2 is 1.76 bits per heavy atom. The lowest BCUT2D eigenvalue weighted by Gasteiger charge is -2.49. The molecule has 0 radical (unpaired) electrons. The Balaban J connectivity index is 2.16. The smallest absolute Gasteiger partial charge is 0.173 e. The zero-order valence-electron chi connectivity index (χ0n) is 15.5. The Morgan fingerprint density at radius 3 is 2.28 bits per heavy atom. The molecule has 2 aliphatic rings. The van der Waals surface area contributed by atoms with Crippen LogP contribution in [0.15, 0.2) is 0 Å². The van der Waals surface area contributed by atoms with E-state index in [1.165, 1.54) is 7.11 Å². The minimum atomic E-state index is -0.991. The molecule has 2 fully saturated rings. The molecule has 0 bridgehead atoms. The van der Waals surface area contributed by atoms with Crippen molar-refractivity contribution >= 4 is 0 Å². The molecule has 1 saturated heterocycles. The van der Waals surface area contributed by atoms with Crippen LogP contribution in [0.1, 0.15) is 19.8 Å². The van der Waals surface area contributed by atoms with Gasteiger partial charge in [0, 0.05) is 13.2 Å². The van der Waals surface area contributed by atoms with Crippen molar-refractivity contribution in [1.82, 2.24) is 4.90 Å². The number of methoxy groups -OCH3 is 1. The van der Waals surface area contributed by atoms with E-state index in [1.807, 2.05) is 6.92 Å². The van der Waals surface area contributed by atoms with Gasteiger partial charge in [-0.15, -0.1) is 0 Å². The number of aliphatic hydroxyl groups excluding tert-OH is 2. The molecule has 0 amide bonds. The number of hydrogen-bond acceptors (Lipinski definition) is 9. The number of likely N-dealkylation sites (N-methyl/N-ethyl adjacent to an activating group) is 1. The Morgan fingerprint density at radius 1 is 1.12 bits per heavy atom. The Bertz CT molecular complexity index is 427. The average molecular weight is 362 g/mol. The predicted octanol–water partition coefficient (Wildman–Crippen LogP) is -2.44. The first-order valence-corrected chi connectivity index (χ1v) is 8.82. The summed E-state index contributed by atoms with van der Waals surface area (Å²) in [6.45, 7) is 1.87. The van der Waals surface area contributed by atoms with E-state index >= 15 is 0 Å². The fraction of sp³-hybridized carbons (Fsp3) is 1.00. The summed E-state index contributed by atoms with van der Waals surface area (Å²) in [5.74, 6) is 0. The SMILES string of the molecule is CO[C@H]1[C@@H](O)[C@@H](N)[C@@H](O[C@@H]2O[C@@H]([C@H](C)N)CC[C@H]2N)[C@@H](O)[C@H]1N(C)C. The van der Waals surface area contributed by atoms with Crippen LogP contribution in [0.2, 0.25) is 0 Å². The third-order valence-electron chi connectivity index (χ3n) is 5.32. The lowest BCUT2D eigenvalue weighted by Crippen LogP contribution is -2.71. The molecule has 9 nitrogen and oxygen atoms in total. The quantitative estimate of drug-likeness (QED) is 0.359. The zero-order valence-corrected chi connectivity index (χ0v) is 15.5. The second kappa shape index (κ2) is 8.55. The van der Waals surface area contributed by atoms with Gasteiger partial charge in [0.15, 0.2) is 6.29 Å². The molecular weight excluding hydrogens is 328 g/mol. The van der Waals surface area contributed by atoms with E-state index in [-0.39, 0.29) is 18.2 Å². The first kappa shape index (κ1) is 20.9. The number of nitrogens with two attached hydrogens (primary N) is 3. The normalized spacial score (nSPS) is 47.0. The minimum Gasteiger partial charge on any atom is -0.389 e. The summed E-state index contributed by atoms with van der Waals surface area (Å²) in [6, 6.07) is -1.80. The lowest BCUT2D eigenvalue weighted by atomic mass is 9.81. The molecule has 1 aliphatic heterocycles. The first-order valence-electron chi connectivity index (χ1n) is 8.82. The average Bonchev–Trinajstić information content (AvgIpc) is 2.55. The van der Waals surface area contributed by atoms with Crippen LogP contribution in [0, 0.1) is 0 Å². The second-order valence-corrected chi connectivity index (χ2v) is 7.46. The number of ether oxygens (including phenoxy) is 3.